The van der Waals surface area contributed by atoms with Crippen LogP contribution in [-0.2, 0) is 10.0 Å². The van der Waals surface area contributed by atoms with Gasteiger partial charge in [-0.05, 0) is 44.4 Å². The first-order valence-corrected chi connectivity index (χ1v) is 8.29. The van der Waals surface area contributed by atoms with Gasteiger partial charge in [-0.15, -0.1) is 0 Å². The maximum atomic E-state index is 12.0. The predicted molar refractivity (Wildman–Crippen MR) is 69.1 cm³/mol. The molecule has 5 heteroatoms. The van der Waals surface area contributed by atoms with Crippen molar-refractivity contribution in [1.82, 2.24) is 4.72 Å². The molecule has 2 fully saturated rings. The van der Waals surface area contributed by atoms with Gasteiger partial charge in [-0.2, -0.15) is 0 Å². The van der Waals surface area contributed by atoms with Crippen molar-refractivity contribution in [2.24, 2.45) is 11.7 Å². The van der Waals surface area contributed by atoms with E-state index in [4.69, 9.17) is 5.73 Å². The molecule has 0 unspecified atom stereocenters. The SMILES string of the molecule is CCC1CCC(CN)(NS(=O)(=O)C2CC2)CC1. The van der Waals surface area contributed by atoms with Gasteiger partial charge in [-0.3, -0.25) is 0 Å². The molecule has 0 atom stereocenters. The lowest BCUT2D eigenvalue weighted by atomic mass is 9.76. The monoisotopic (exact) mass is 260 g/mol. The molecule has 0 aromatic carbocycles. The molecular weight excluding hydrogens is 236 g/mol. The van der Waals surface area contributed by atoms with E-state index in [1.807, 2.05) is 0 Å². The van der Waals surface area contributed by atoms with Gasteiger partial charge in [0.25, 0.3) is 0 Å². The van der Waals surface area contributed by atoms with Crippen LogP contribution in [-0.4, -0.2) is 25.8 Å². The lowest BCUT2D eigenvalue weighted by Gasteiger charge is -2.39. The summed E-state index contributed by atoms with van der Waals surface area (Å²) in [5, 5.41) is -0.144. The quantitative estimate of drug-likeness (QED) is 0.784. The first-order valence-electron chi connectivity index (χ1n) is 6.74. The summed E-state index contributed by atoms with van der Waals surface area (Å²) in [6, 6.07) is 0. The fourth-order valence-electron chi connectivity index (χ4n) is 2.75. The van der Waals surface area contributed by atoms with E-state index in [-0.39, 0.29) is 10.8 Å². The van der Waals surface area contributed by atoms with E-state index in [1.165, 1.54) is 6.42 Å². The van der Waals surface area contributed by atoms with Crippen molar-refractivity contribution in [3.8, 4) is 0 Å². The molecule has 0 saturated heterocycles. The maximum absolute atomic E-state index is 12.0. The summed E-state index contributed by atoms with van der Waals surface area (Å²) >= 11 is 0. The molecule has 0 amide bonds. The van der Waals surface area contributed by atoms with E-state index in [0.29, 0.717) is 6.54 Å². The molecule has 2 aliphatic carbocycles. The van der Waals surface area contributed by atoms with Crippen LogP contribution in [0.5, 0.6) is 0 Å². The first kappa shape index (κ1) is 13.3. The Morgan fingerprint density at radius 1 is 1.24 bits per heavy atom. The van der Waals surface area contributed by atoms with Crippen molar-refractivity contribution in [1.29, 1.82) is 0 Å². The molecule has 0 aliphatic heterocycles. The summed E-state index contributed by atoms with van der Waals surface area (Å²) < 4.78 is 26.9. The minimum absolute atomic E-state index is 0.144. The predicted octanol–water partition coefficient (Wildman–Crippen LogP) is 1.37. The summed E-state index contributed by atoms with van der Waals surface area (Å²) in [5.41, 5.74) is 5.47. The molecule has 0 spiro atoms. The zero-order chi connectivity index (χ0) is 12.5. The molecule has 0 radical (unpaired) electrons. The van der Waals surface area contributed by atoms with E-state index in [0.717, 1.165) is 44.4 Å². The van der Waals surface area contributed by atoms with Crippen molar-refractivity contribution in [3.63, 3.8) is 0 Å². The third-order valence-electron chi connectivity index (χ3n) is 4.35. The number of hydrogen-bond acceptors (Lipinski definition) is 3. The highest BCUT2D eigenvalue weighted by Crippen LogP contribution is 2.36. The van der Waals surface area contributed by atoms with Gasteiger partial charge >= 0.3 is 0 Å². The molecule has 3 N–H and O–H groups in total. The Morgan fingerprint density at radius 3 is 2.24 bits per heavy atom. The minimum atomic E-state index is -3.11. The Morgan fingerprint density at radius 2 is 1.82 bits per heavy atom. The molecule has 17 heavy (non-hydrogen) atoms. The standard InChI is InChI=1S/C12H24N2O2S/c1-2-10-5-7-12(9-13,8-6-10)14-17(15,16)11-3-4-11/h10-11,14H,2-9,13H2,1H3. The summed E-state index contributed by atoms with van der Waals surface area (Å²) in [6.07, 6.45) is 6.81. The highest BCUT2D eigenvalue weighted by Gasteiger charge is 2.43. The van der Waals surface area contributed by atoms with E-state index < -0.39 is 10.0 Å². The average molecular weight is 260 g/mol. The van der Waals surface area contributed by atoms with Crippen LogP contribution in [0.1, 0.15) is 51.9 Å². The summed E-state index contributed by atoms with van der Waals surface area (Å²) in [7, 11) is -3.11. The number of nitrogens with one attached hydrogen (secondary N) is 1. The molecular formula is C12H24N2O2S. The van der Waals surface area contributed by atoms with Crippen molar-refractivity contribution in [3.05, 3.63) is 0 Å². The Hall–Kier alpha value is -0.130. The second kappa shape index (κ2) is 4.86. The van der Waals surface area contributed by atoms with Crippen molar-refractivity contribution < 1.29 is 8.42 Å². The van der Waals surface area contributed by atoms with Gasteiger partial charge in [0.15, 0.2) is 0 Å². The zero-order valence-corrected chi connectivity index (χ0v) is 11.4. The largest absolute Gasteiger partial charge is 0.329 e. The average Bonchev–Trinajstić information content (AvgIpc) is 3.13. The van der Waals surface area contributed by atoms with Crippen molar-refractivity contribution in [2.75, 3.05) is 6.54 Å². The molecule has 0 aromatic rings. The van der Waals surface area contributed by atoms with Crippen LogP contribution in [0.15, 0.2) is 0 Å². The number of hydrogen-bond donors (Lipinski definition) is 2. The molecule has 0 bridgehead atoms. The first-order chi connectivity index (χ1) is 8.01. The molecule has 2 aliphatic rings. The maximum Gasteiger partial charge on any atom is 0.215 e. The number of sulfonamides is 1. The highest BCUT2D eigenvalue weighted by atomic mass is 32.2. The molecule has 100 valence electrons. The number of rotatable bonds is 5. The molecule has 2 rings (SSSR count). The lowest BCUT2D eigenvalue weighted by Crippen LogP contribution is -2.56. The summed E-state index contributed by atoms with van der Waals surface area (Å²) in [5.74, 6) is 0.750. The van der Waals surface area contributed by atoms with E-state index in [2.05, 4.69) is 11.6 Å². The molecule has 2 saturated carbocycles. The minimum Gasteiger partial charge on any atom is -0.329 e. The van der Waals surface area contributed by atoms with Crippen LogP contribution in [0, 0.1) is 5.92 Å². The summed E-state index contributed by atoms with van der Waals surface area (Å²) in [4.78, 5) is 0. The van der Waals surface area contributed by atoms with Crippen LogP contribution < -0.4 is 10.5 Å². The fraction of sp³-hybridized carbons (Fsp3) is 1.00. The second-order valence-corrected chi connectivity index (χ2v) is 7.64. The van der Waals surface area contributed by atoms with E-state index in [1.54, 1.807) is 0 Å². The molecule has 4 nitrogen and oxygen atoms in total. The van der Waals surface area contributed by atoms with Gasteiger partial charge in [-0.25, -0.2) is 13.1 Å². The fourth-order valence-corrected chi connectivity index (χ4v) is 4.56. The smallest absolute Gasteiger partial charge is 0.215 e. The molecule has 0 aromatic heterocycles. The van der Waals surface area contributed by atoms with Gasteiger partial charge in [0.1, 0.15) is 0 Å². The van der Waals surface area contributed by atoms with Crippen LogP contribution in [0.25, 0.3) is 0 Å². The second-order valence-electron chi connectivity index (χ2n) is 5.68. The Balaban J connectivity index is 2.00. The zero-order valence-electron chi connectivity index (χ0n) is 10.6. The van der Waals surface area contributed by atoms with Gasteiger partial charge in [0.05, 0.1) is 5.25 Å². The van der Waals surface area contributed by atoms with Gasteiger partial charge in [0.2, 0.25) is 10.0 Å². The van der Waals surface area contributed by atoms with Crippen molar-refractivity contribution in [2.45, 2.75) is 62.7 Å². The van der Waals surface area contributed by atoms with Gasteiger partial charge in [0, 0.05) is 12.1 Å². The third kappa shape index (κ3) is 3.01. The Bertz CT molecular complexity index is 355. The lowest BCUT2D eigenvalue weighted by molar-refractivity contribution is 0.217. The van der Waals surface area contributed by atoms with Crippen LogP contribution in [0.3, 0.4) is 0 Å². The Kier molecular flexibility index (Phi) is 3.80. The molecule has 0 heterocycles. The topological polar surface area (TPSA) is 72.2 Å². The van der Waals surface area contributed by atoms with Crippen LogP contribution in [0.2, 0.25) is 0 Å². The Labute approximate surface area is 104 Å². The van der Waals surface area contributed by atoms with Crippen molar-refractivity contribution >= 4 is 10.0 Å². The normalized spacial score (nSPS) is 34.8. The third-order valence-corrected chi connectivity index (χ3v) is 6.42. The van der Waals surface area contributed by atoms with E-state index >= 15 is 0 Å². The van der Waals surface area contributed by atoms with Crippen LogP contribution in [0.4, 0.5) is 0 Å². The van der Waals surface area contributed by atoms with Crippen LogP contribution >= 0.6 is 0 Å². The van der Waals surface area contributed by atoms with Gasteiger partial charge in [-0.1, -0.05) is 13.3 Å². The number of nitrogens with two attached hydrogens (primary N) is 1. The summed E-state index contributed by atoms with van der Waals surface area (Å²) in [6.45, 7) is 2.63. The highest BCUT2D eigenvalue weighted by molar-refractivity contribution is 7.90. The van der Waals surface area contributed by atoms with E-state index in [9.17, 15) is 8.42 Å². The van der Waals surface area contributed by atoms with Gasteiger partial charge < -0.3 is 5.73 Å².